The number of pyridine rings is 1. The van der Waals surface area contributed by atoms with Crippen LogP contribution in [-0.4, -0.2) is 68.9 Å². The van der Waals surface area contributed by atoms with Crippen molar-refractivity contribution < 1.29 is 4.74 Å². The SMILES string of the molecule is COCCNCC(C)N1CCN(c2ccccn2)CC1. The molecular weight excluding hydrogens is 252 g/mol. The summed E-state index contributed by atoms with van der Waals surface area (Å²) in [6, 6.07) is 6.67. The molecule has 1 atom stereocenters. The molecule has 1 aliphatic rings. The van der Waals surface area contributed by atoms with Crippen LogP contribution < -0.4 is 10.2 Å². The van der Waals surface area contributed by atoms with Gasteiger partial charge in [-0.25, -0.2) is 4.98 Å². The number of anilines is 1. The highest BCUT2D eigenvalue weighted by molar-refractivity contribution is 5.38. The van der Waals surface area contributed by atoms with Crippen LogP contribution in [0.1, 0.15) is 6.92 Å². The van der Waals surface area contributed by atoms with Crippen molar-refractivity contribution in [1.29, 1.82) is 0 Å². The Morgan fingerprint density at radius 2 is 2.10 bits per heavy atom. The van der Waals surface area contributed by atoms with Crippen molar-refractivity contribution in [3.8, 4) is 0 Å². The van der Waals surface area contributed by atoms with Crippen molar-refractivity contribution in [1.82, 2.24) is 15.2 Å². The van der Waals surface area contributed by atoms with Gasteiger partial charge in [-0.15, -0.1) is 0 Å². The van der Waals surface area contributed by atoms with Crippen molar-refractivity contribution in [2.45, 2.75) is 13.0 Å². The van der Waals surface area contributed by atoms with Gasteiger partial charge in [0.25, 0.3) is 0 Å². The number of rotatable bonds is 7. The zero-order valence-corrected chi connectivity index (χ0v) is 12.6. The minimum Gasteiger partial charge on any atom is -0.383 e. The van der Waals surface area contributed by atoms with E-state index < -0.39 is 0 Å². The third-order valence-electron chi connectivity index (χ3n) is 3.83. The topological polar surface area (TPSA) is 40.6 Å². The molecule has 2 heterocycles. The van der Waals surface area contributed by atoms with E-state index in [-0.39, 0.29) is 0 Å². The van der Waals surface area contributed by atoms with Crippen molar-refractivity contribution in [2.24, 2.45) is 0 Å². The fraction of sp³-hybridized carbons (Fsp3) is 0.667. The average molecular weight is 278 g/mol. The summed E-state index contributed by atoms with van der Waals surface area (Å²) in [6.45, 7) is 9.32. The molecular formula is C15H26N4O. The maximum Gasteiger partial charge on any atom is 0.128 e. The Kier molecular flexibility index (Phi) is 6.24. The van der Waals surface area contributed by atoms with Crippen LogP contribution >= 0.6 is 0 Å². The third-order valence-corrected chi connectivity index (χ3v) is 3.83. The first-order valence-corrected chi connectivity index (χ1v) is 7.41. The lowest BCUT2D eigenvalue weighted by Crippen LogP contribution is -2.52. The number of hydrogen-bond donors (Lipinski definition) is 1. The molecule has 0 bridgehead atoms. The molecule has 0 radical (unpaired) electrons. The predicted molar refractivity (Wildman–Crippen MR) is 82.2 cm³/mol. The lowest BCUT2D eigenvalue weighted by Gasteiger charge is -2.38. The zero-order valence-electron chi connectivity index (χ0n) is 12.6. The number of aromatic nitrogens is 1. The van der Waals surface area contributed by atoms with Gasteiger partial charge in [-0.3, -0.25) is 4.90 Å². The molecule has 0 spiro atoms. The Balaban J connectivity index is 1.71. The van der Waals surface area contributed by atoms with Gasteiger partial charge in [-0.2, -0.15) is 0 Å². The Morgan fingerprint density at radius 3 is 2.75 bits per heavy atom. The normalized spacial score (nSPS) is 18.2. The summed E-state index contributed by atoms with van der Waals surface area (Å²) in [7, 11) is 1.74. The molecule has 1 saturated heterocycles. The quantitative estimate of drug-likeness (QED) is 0.748. The fourth-order valence-corrected chi connectivity index (χ4v) is 2.55. The first-order chi connectivity index (χ1) is 9.81. The second-order valence-electron chi connectivity index (χ2n) is 5.26. The molecule has 112 valence electrons. The summed E-state index contributed by atoms with van der Waals surface area (Å²) in [5.74, 6) is 1.10. The van der Waals surface area contributed by atoms with Gasteiger partial charge in [0.15, 0.2) is 0 Å². The number of methoxy groups -OCH3 is 1. The van der Waals surface area contributed by atoms with Crippen molar-refractivity contribution in [3.63, 3.8) is 0 Å². The van der Waals surface area contributed by atoms with Crippen LogP contribution in [0.25, 0.3) is 0 Å². The molecule has 1 fully saturated rings. The van der Waals surface area contributed by atoms with Gasteiger partial charge in [-0.05, 0) is 19.1 Å². The maximum absolute atomic E-state index is 5.04. The lowest BCUT2D eigenvalue weighted by atomic mass is 10.2. The standard InChI is InChI=1S/C15H26N4O/c1-14(13-16-7-12-20-2)18-8-10-19(11-9-18)15-5-3-4-6-17-15/h3-6,14,16H,7-13H2,1-2H3. The van der Waals surface area contributed by atoms with Crippen LogP contribution in [0.3, 0.4) is 0 Å². The Labute approximate surface area is 121 Å². The van der Waals surface area contributed by atoms with Crippen LogP contribution in [0, 0.1) is 0 Å². The molecule has 0 amide bonds. The van der Waals surface area contributed by atoms with E-state index >= 15 is 0 Å². The smallest absolute Gasteiger partial charge is 0.128 e. The molecule has 1 aliphatic heterocycles. The van der Waals surface area contributed by atoms with Gasteiger partial charge in [0.2, 0.25) is 0 Å². The first kappa shape index (κ1) is 15.2. The third kappa shape index (κ3) is 4.44. The molecule has 5 heteroatoms. The number of hydrogen-bond acceptors (Lipinski definition) is 5. The fourth-order valence-electron chi connectivity index (χ4n) is 2.55. The second kappa shape index (κ2) is 8.19. The van der Waals surface area contributed by atoms with Crippen LogP contribution in [0.15, 0.2) is 24.4 Å². The Bertz CT molecular complexity index is 365. The van der Waals surface area contributed by atoms with E-state index in [1.165, 1.54) is 0 Å². The minimum atomic E-state index is 0.567. The highest BCUT2D eigenvalue weighted by atomic mass is 16.5. The Morgan fingerprint density at radius 1 is 1.30 bits per heavy atom. The van der Waals surface area contributed by atoms with Crippen molar-refractivity contribution in [2.75, 3.05) is 57.9 Å². The summed E-state index contributed by atoms with van der Waals surface area (Å²) >= 11 is 0. The summed E-state index contributed by atoms with van der Waals surface area (Å²) in [5.41, 5.74) is 0. The average Bonchev–Trinajstić information content (AvgIpc) is 2.52. The monoisotopic (exact) mass is 278 g/mol. The van der Waals surface area contributed by atoms with Gasteiger partial charge in [-0.1, -0.05) is 6.07 Å². The molecule has 2 rings (SSSR count). The predicted octanol–water partition coefficient (Wildman–Crippen LogP) is 0.828. The first-order valence-electron chi connectivity index (χ1n) is 7.41. The zero-order chi connectivity index (χ0) is 14.2. The number of nitrogens with one attached hydrogen (secondary N) is 1. The van der Waals surface area contributed by atoms with Gasteiger partial charge in [0.1, 0.15) is 5.82 Å². The summed E-state index contributed by atoms with van der Waals surface area (Å²) in [6.07, 6.45) is 1.87. The minimum absolute atomic E-state index is 0.567. The number of ether oxygens (including phenoxy) is 1. The molecule has 0 aliphatic carbocycles. The van der Waals surface area contributed by atoms with E-state index in [4.69, 9.17) is 4.74 Å². The van der Waals surface area contributed by atoms with E-state index in [2.05, 4.69) is 39.2 Å². The van der Waals surface area contributed by atoms with Crippen LogP contribution in [0.2, 0.25) is 0 Å². The number of nitrogens with zero attached hydrogens (tertiary/aromatic N) is 3. The van der Waals surface area contributed by atoms with E-state index in [0.717, 1.165) is 51.7 Å². The maximum atomic E-state index is 5.04. The van der Waals surface area contributed by atoms with Gasteiger partial charge in [0.05, 0.1) is 6.61 Å². The molecule has 1 aromatic rings. The van der Waals surface area contributed by atoms with Gasteiger partial charge < -0.3 is 15.0 Å². The summed E-state index contributed by atoms with van der Waals surface area (Å²) < 4.78 is 5.04. The molecule has 20 heavy (non-hydrogen) atoms. The molecule has 1 aromatic heterocycles. The van der Waals surface area contributed by atoms with E-state index in [9.17, 15) is 0 Å². The highest BCUT2D eigenvalue weighted by Gasteiger charge is 2.21. The molecule has 0 saturated carbocycles. The van der Waals surface area contributed by atoms with E-state index in [1.54, 1.807) is 7.11 Å². The van der Waals surface area contributed by atoms with E-state index in [0.29, 0.717) is 6.04 Å². The molecule has 1 unspecified atom stereocenters. The van der Waals surface area contributed by atoms with Crippen LogP contribution in [0.4, 0.5) is 5.82 Å². The lowest BCUT2D eigenvalue weighted by molar-refractivity contribution is 0.177. The molecule has 1 N–H and O–H groups in total. The van der Waals surface area contributed by atoms with Crippen molar-refractivity contribution in [3.05, 3.63) is 24.4 Å². The molecule has 5 nitrogen and oxygen atoms in total. The second-order valence-corrected chi connectivity index (χ2v) is 5.26. The van der Waals surface area contributed by atoms with Gasteiger partial charge in [0, 0.05) is 58.6 Å². The molecule has 0 aromatic carbocycles. The summed E-state index contributed by atoms with van der Waals surface area (Å²) in [4.78, 5) is 9.33. The van der Waals surface area contributed by atoms with Crippen LogP contribution in [-0.2, 0) is 4.74 Å². The number of piperazine rings is 1. The van der Waals surface area contributed by atoms with Crippen LogP contribution in [0.5, 0.6) is 0 Å². The van der Waals surface area contributed by atoms with E-state index in [1.807, 2.05) is 12.3 Å². The highest BCUT2D eigenvalue weighted by Crippen LogP contribution is 2.13. The summed E-state index contributed by atoms with van der Waals surface area (Å²) in [5, 5.41) is 3.43. The largest absolute Gasteiger partial charge is 0.383 e. The Hall–Kier alpha value is -1.17. The van der Waals surface area contributed by atoms with Gasteiger partial charge >= 0.3 is 0 Å². The van der Waals surface area contributed by atoms with Crippen molar-refractivity contribution >= 4 is 5.82 Å².